The third-order valence-corrected chi connectivity index (χ3v) is 5.73. The highest BCUT2D eigenvalue weighted by Gasteiger charge is 2.35. The quantitative estimate of drug-likeness (QED) is 0.496. The van der Waals surface area contributed by atoms with E-state index in [4.69, 9.17) is 4.74 Å². The lowest BCUT2D eigenvalue weighted by atomic mass is 9.94. The first-order valence-corrected chi connectivity index (χ1v) is 12.3. The van der Waals surface area contributed by atoms with Crippen molar-refractivity contribution in [3.63, 3.8) is 0 Å². The second-order valence-electron chi connectivity index (χ2n) is 10.7. The summed E-state index contributed by atoms with van der Waals surface area (Å²) in [6.45, 7) is 17.3. The molecule has 7 nitrogen and oxygen atoms in total. The van der Waals surface area contributed by atoms with Gasteiger partial charge in [0.05, 0.1) is 0 Å². The fraction of sp³-hybridized carbons (Fsp3) is 0.667. The number of aryl methyl sites for hydroxylation is 1. The fourth-order valence-corrected chi connectivity index (χ4v) is 3.94. The van der Waals surface area contributed by atoms with Crippen molar-refractivity contribution in [2.24, 2.45) is 5.92 Å². The van der Waals surface area contributed by atoms with Gasteiger partial charge >= 0.3 is 6.09 Å². The van der Waals surface area contributed by atoms with Gasteiger partial charge in [-0.05, 0) is 77.0 Å². The lowest BCUT2D eigenvalue weighted by Gasteiger charge is -2.33. The first-order chi connectivity index (χ1) is 15.7. The molecule has 7 heteroatoms. The molecule has 0 radical (unpaired) electrons. The molecule has 0 aromatic heterocycles. The number of hydrogen-bond donors (Lipinski definition) is 2. The summed E-state index contributed by atoms with van der Waals surface area (Å²) < 4.78 is 5.39. The number of rotatable bonds is 10. The predicted molar refractivity (Wildman–Crippen MR) is 137 cm³/mol. The second kappa shape index (κ2) is 12.8. The summed E-state index contributed by atoms with van der Waals surface area (Å²) in [4.78, 5) is 41.1. The zero-order valence-electron chi connectivity index (χ0n) is 22.7. The third-order valence-electron chi connectivity index (χ3n) is 5.73. The minimum atomic E-state index is -0.818. The Morgan fingerprint density at radius 1 is 1.06 bits per heavy atom. The minimum absolute atomic E-state index is 0.0139. The van der Waals surface area contributed by atoms with E-state index < -0.39 is 23.8 Å². The maximum absolute atomic E-state index is 13.7. The lowest BCUT2D eigenvalue weighted by Crippen LogP contribution is -2.52. The van der Waals surface area contributed by atoms with Crippen LogP contribution in [-0.2, 0) is 14.3 Å². The number of ether oxygens (including phenoxy) is 1. The third kappa shape index (κ3) is 8.99. The molecule has 0 heterocycles. The molecule has 0 aliphatic heterocycles. The standard InChI is InChI=1S/C27H45N3O4/c1-11-13-19(5)28-24(31)23(21-15-12-14-18(4)20(21)6)30(10)25(32)22(16-17(2)3)29-26(33)34-27(7,8)9/h12,14-15,17,19,22-23H,11,13,16H2,1-10H3,(H,28,31)(H,29,33). The molecule has 3 atom stereocenters. The SMILES string of the molecule is CCCC(C)NC(=O)C(c1cccc(C)c1C)N(C)C(=O)C(CC(C)C)NC(=O)OC(C)(C)C. The van der Waals surface area contributed by atoms with Gasteiger partial charge in [0.1, 0.15) is 17.7 Å². The average molecular weight is 476 g/mol. The van der Waals surface area contributed by atoms with Crippen molar-refractivity contribution in [3.05, 3.63) is 34.9 Å². The number of nitrogens with one attached hydrogen (secondary N) is 2. The lowest BCUT2D eigenvalue weighted by molar-refractivity contribution is -0.141. The highest BCUT2D eigenvalue weighted by atomic mass is 16.6. The van der Waals surface area contributed by atoms with E-state index in [0.29, 0.717) is 6.42 Å². The van der Waals surface area contributed by atoms with Crippen LogP contribution in [0.15, 0.2) is 18.2 Å². The first-order valence-electron chi connectivity index (χ1n) is 12.3. The van der Waals surface area contributed by atoms with Crippen LogP contribution in [0.3, 0.4) is 0 Å². The van der Waals surface area contributed by atoms with Crippen LogP contribution >= 0.6 is 0 Å². The molecule has 34 heavy (non-hydrogen) atoms. The molecule has 1 aromatic rings. The van der Waals surface area contributed by atoms with Crippen molar-refractivity contribution in [3.8, 4) is 0 Å². The Morgan fingerprint density at radius 3 is 2.21 bits per heavy atom. The van der Waals surface area contributed by atoms with Crippen LogP contribution in [-0.4, -0.2) is 47.5 Å². The number of benzene rings is 1. The molecule has 0 aliphatic carbocycles. The van der Waals surface area contributed by atoms with Crippen LogP contribution in [0.25, 0.3) is 0 Å². The number of nitrogens with zero attached hydrogens (tertiary/aromatic N) is 1. The Morgan fingerprint density at radius 2 is 1.68 bits per heavy atom. The van der Waals surface area contributed by atoms with Gasteiger partial charge in [-0.2, -0.15) is 0 Å². The minimum Gasteiger partial charge on any atom is -0.444 e. The van der Waals surface area contributed by atoms with Crippen LogP contribution in [0.4, 0.5) is 4.79 Å². The van der Waals surface area contributed by atoms with Crippen molar-refractivity contribution in [2.45, 2.75) is 105 Å². The van der Waals surface area contributed by atoms with Crippen molar-refractivity contribution in [1.82, 2.24) is 15.5 Å². The van der Waals surface area contributed by atoms with Crippen LogP contribution in [0.1, 0.15) is 90.5 Å². The van der Waals surface area contributed by atoms with Crippen molar-refractivity contribution < 1.29 is 19.1 Å². The van der Waals surface area contributed by atoms with Gasteiger partial charge in [0.15, 0.2) is 0 Å². The smallest absolute Gasteiger partial charge is 0.408 e. The van der Waals surface area contributed by atoms with E-state index in [1.807, 2.05) is 52.8 Å². The molecule has 0 bridgehead atoms. The number of likely N-dealkylation sites (N-methyl/N-ethyl adjacent to an activating group) is 1. The Balaban J connectivity index is 3.34. The molecule has 0 fully saturated rings. The van der Waals surface area contributed by atoms with E-state index >= 15 is 0 Å². The van der Waals surface area contributed by atoms with Gasteiger partial charge in [0.25, 0.3) is 0 Å². The van der Waals surface area contributed by atoms with Crippen LogP contribution in [0.2, 0.25) is 0 Å². The molecule has 0 spiro atoms. The molecule has 0 aliphatic rings. The van der Waals surface area contributed by atoms with Crippen molar-refractivity contribution in [1.29, 1.82) is 0 Å². The van der Waals surface area contributed by atoms with Gasteiger partial charge < -0.3 is 20.3 Å². The molecular formula is C27H45N3O4. The highest BCUT2D eigenvalue weighted by Crippen LogP contribution is 2.27. The first kappa shape index (κ1) is 29.5. The molecule has 1 aromatic carbocycles. The van der Waals surface area contributed by atoms with E-state index in [1.165, 1.54) is 4.90 Å². The van der Waals surface area contributed by atoms with E-state index in [-0.39, 0.29) is 23.8 Å². The zero-order chi connectivity index (χ0) is 26.2. The van der Waals surface area contributed by atoms with Gasteiger partial charge in [-0.1, -0.05) is 45.4 Å². The monoisotopic (exact) mass is 475 g/mol. The summed E-state index contributed by atoms with van der Waals surface area (Å²) in [5, 5.41) is 5.80. The summed E-state index contributed by atoms with van der Waals surface area (Å²) >= 11 is 0. The second-order valence-corrected chi connectivity index (χ2v) is 10.7. The maximum Gasteiger partial charge on any atom is 0.408 e. The molecular weight excluding hydrogens is 430 g/mol. The molecule has 192 valence electrons. The Labute approximate surface area is 206 Å². The number of alkyl carbamates (subject to hydrolysis) is 1. The summed E-state index contributed by atoms with van der Waals surface area (Å²) in [5.41, 5.74) is 2.10. The maximum atomic E-state index is 13.7. The van der Waals surface area contributed by atoms with Crippen molar-refractivity contribution >= 4 is 17.9 Å². The van der Waals surface area contributed by atoms with Gasteiger partial charge in [0, 0.05) is 13.1 Å². The van der Waals surface area contributed by atoms with E-state index in [9.17, 15) is 14.4 Å². The largest absolute Gasteiger partial charge is 0.444 e. The number of hydrogen-bond acceptors (Lipinski definition) is 4. The van der Waals surface area contributed by atoms with Gasteiger partial charge in [-0.25, -0.2) is 4.79 Å². The fourth-order valence-electron chi connectivity index (χ4n) is 3.94. The van der Waals surface area contributed by atoms with E-state index in [1.54, 1.807) is 27.8 Å². The molecule has 0 saturated heterocycles. The summed E-state index contributed by atoms with van der Waals surface area (Å²) in [7, 11) is 1.63. The molecule has 3 amide bonds. The highest BCUT2D eigenvalue weighted by molar-refractivity contribution is 5.92. The van der Waals surface area contributed by atoms with Crippen LogP contribution < -0.4 is 10.6 Å². The van der Waals surface area contributed by atoms with E-state index in [2.05, 4.69) is 17.6 Å². The number of carbonyl (C=O) groups excluding carboxylic acids is 3. The van der Waals surface area contributed by atoms with Gasteiger partial charge in [0.2, 0.25) is 11.8 Å². The summed E-state index contributed by atoms with van der Waals surface area (Å²) in [6, 6.07) is 4.13. The van der Waals surface area contributed by atoms with Crippen LogP contribution in [0, 0.1) is 19.8 Å². The molecule has 0 saturated carbocycles. The molecule has 2 N–H and O–H groups in total. The Kier molecular flexibility index (Phi) is 11.1. The number of carbonyl (C=O) groups is 3. The summed E-state index contributed by atoms with van der Waals surface area (Å²) in [6.07, 6.45) is 1.57. The number of amides is 3. The van der Waals surface area contributed by atoms with Crippen molar-refractivity contribution in [2.75, 3.05) is 7.05 Å². The topological polar surface area (TPSA) is 87.7 Å². The predicted octanol–water partition coefficient (Wildman–Crippen LogP) is 5.05. The zero-order valence-corrected chi connectivity index (χ0v) is 22.7. The summed E-state index contributed by atoms with van der Waals surface area (Å²) in [5.74, 6) is -0.412. The molecule has 1 rings (SSSR count). The average Bonchev–Trinajstić information content (AvgIpc) is 2.68. The normalized spacial score (nSPS) is 14.2. The Bertz CT molecular complexity index is 845. The van der Waals surface area contributed by atoms with Crippen LogP contribution in [0.5, 0.6) is 0 Å². The Hall–Kier alpha value is -2.57. The van der Waals surface area contributed by atoms with Gasteiger partial charge in [-0.15, -0.1) is 0 Å². The molecule has 3 unspecified atom stereocenters. The van der Waals surface area contributed by atoms with E-state index in [0.717, 1.165) is 29.5 Å². The van der Waals surface area contributed by atoms with Gasteiger partial charge in [-0.3, -0.25) is 9.59 Å².